The van der Waals surface area contributed by atoms with Crippen molar-refractivity contribution in [2.45, 2.75) is 0 Å². The summed E-state index contributed by atoms with van der Waals surface area (Å²) < 4.78 is 18.4. The van der Waals surface area contributed by atoms with Gasteiger partial charge in [0.15, 0.2) is 0 Å². The zero-order valence-electron chi connectivity index (χ0n) is 12.2. The third-order valence-electron chi connectivity index (χ3n) is 2.84. The average Bonchev–Trinajstić information content (AvgIpc) is 2.57. The molecule has 0 fully saturated rings. The monoisotopic (exact) mass is 315 g/mol. The third-order valence-corrected chi connectivity index (χ3v) is 2.84. The molecule has 2 aromatic rings. The van der Waals surface area contributed by atoms with Crippen LogP contribution in [0, 0.1) is 5.82 Å². The van der Waals surface area contributed by atoms with E-state index in [1.807, 2.05) is 5.43 Å². The molecule has 0 heterocycles. The molecule has 0 radical (unpaired) electrons. The Kier molecular flexibility index (Phi) is 5.40. The van der Waals surface area contributed by atoms with Crippen molar-refractivity contribution in [3.63, 3.8) is 0 Å². The molecule has 0 saturated heterocycles. The molecule has 0 aliphatic carbocycles. The molecule has 0 spiro atoms. The summed E-state index contributed by atoms with van der Waals surface area (Å²) in [6.45, 7) is 0. The summed E-state index contributed by atoms with van der Waals surface area (Å²) in [5, 5.41) is 5.95. The highest BCUT2D eigenvalue weighted by Gasteiger charge is 2.14. The number of carbonyl (C=O) groups excluding carboxylic acids is 2. The van der Waals surface area contributed by atoms with Crippen LogP contribution in [0.5, 0.6) is 5.75 Å². The van der Waals surface area contributed by atoms with Gasteiger partial charge in [0, 0.05) is 5.56 Å². The van der Waals surface area contributed by atoms with Crippen LogP contribution in [-0.2, 0) is 9.59 Å². The van der Waals surface area contributed by atoms with Crippen LogP contribution in [0.3, 0.4) is 0 Å². The van der Waals surface area contributed by atoms with Crippen molar-refractivity contribution in [1.29, 1.82) is 0 Å². The summed E-state index contributed by atoms with van der Waals surface area (Å²) in [7, 11) is 1.45. The lowest BCUT2D eigenvalue weighted by atomic mass is 10.2. The van der Waals surface area contributed by atoms with Gasteiger partial charge in [0.25, 0.3) is 0 Å². The predicted molar refractivity (Wildman–Crippen MR) is 83.8 cm³/mol. The fourth-order valence-corrected chi connectivity index (χ4v) is 1.72. The van der Waals surface area contributed by atoms with Crippen molar-refractivity contribution < 1.29 is 18.7 Å². The van der Waals surface area contributed by atoms with Crippen LogP contribution >= 0.6 is 0 Å². The number of carbonyl (C=O) groups is 2. The number of methoxy groups -OCH3 is 1. The SMILES string of the molecule is COc1ccccc1NC(=O)C(=O)N/N=C/c1ccccc1F. The molecule has 0 saturated carbocycles. The van der Waals surface area contributed by atoms with Crippen molar-refractivity contribution in [2.75, 3.05) is 12.4 Å². The molecular weight excluding hydrogens is 301 g/mol. The number of halogens is 1. The molecule has 0 aliphatic heterocycles. The zero-order valence-corrected chi connectivity index (χ0v) is 12.2. The Labute approximate surface area is 132 Å². The highest BCUT2D eigenvalue weighted by molar-refractivity contribution is 6.39. The minimum Gasteiger partial charge on any atom is -0.495 e. The van der Waals surface area contributed by atoms with Crippen LogP contribution in [0.1, 0.15) is 5.56 Å². The van der Waals surface area contributed by atoms with Gasteiger partial charge in [-0.2, -0.15) is 5.10 Å². The molecule has 2 aromatic carbocycles. The van der Waals surface area contributed by atoms with Crippen molar-refractivity contribution in [1.82, 2.24) is 5.43 Å². The van der Waals surface area contributed by atoms with Crippen molar-refractivity contribution in [3.8, 4) is 5.75 Å². The number of para-hydroxylation sites is 2. The summed E-state index contributed by atoms with van der Waals surface area (Å²) in [6.07, 6.45) is 1.11. The van der Waals surface area contributed by atoms with Gasteiger partial charge >= 0.3 is 11.8 Å². The molecule has 0 aromatic heterocycles. The second-order valence-corrected chi connectivity index (χ2v) is 4.38. The molecule has 0 bridgehead atoms. The number of amides is 2. The van der Waals surface area contributed by atoms with Crippen LogP contribution < -0.4 is 15.5 Å². The van der Waals surface area contributed by atoms with Gasteiger partial charge in [0.1, 0.15) is 11.6 Å². The quantitative estimate of drug-likeness (QED) is 0.514. The molecule has 23 heavy (non-hydrogen) atoms. The summed E-state index contributed by atoms with van der Waals surface area (Å²) in [6, 6.07) is 12.6. The van der Waals surface area contributed by atoms with Crippen LogP contribution in [-0.4, -0.2) is 25.1 Å². The first-order chi connectivity index (χ1) is 11.1. The first kappa shape index (κ1) is 16.2. The summed E-state index contributed by atoms with van der Waals surface area (Å²) in [4.78, 5) is 23.4. The van der Waals surface area contributed by atoms with E-state index in [1.165, 1.54) is 25.3 Å². The van der Waals surface area contributed by atoms with E-state index in [-0.39, 0.29) is 5.56 Å². The van der Waals surface area contributed by atoms with E-state index in [1.54, 1.807) is 30.3 Å². The molecule has 0 atom stereocenters. The van der Waals surface area contributed by atoms with E-state index < -0.39 is 17.6 Å². The Morgan fingerprint density at radius 1 is 1.09 bits per heavy atom. The highest BCUT2D eigenvalue weighted by atomic mass is 19.1. The maximum absolute atomic E-state index is 13.3. The average molecular weight is 315 g/mol. The first-order valence-electron chi connectivity index (χ1n) is 6.63. The van der Waals surface area contributed by atoms with E-state index in [9.17, 15) is 14.0 Å². The molecule has 2 amide bonds. The Hall–Kier alpha value is -3.22. The highest BCUT2D eigenvalue weighted by Crippen LogP contribution is 2.22. The van der Waals surface area contributed by atoms with Crippen LogP contribution in [0.2, 0.25) is 0 Å². The van der Waals surface area contributed by atoms with Gasteiger partial charge < -0.3 is 10.1 Å². The van der Waals surface area contributed by atoms with Gasteiger partial charge in [-0.3, -0.25) is 9.59 Å². The topological polar surface area (TPSA) is 79.8 Å². The number of anilines is 1. The maximum Gasteiger partial charge on any atom is 0.329 e. The number of nitrogens with one attached hydrogen (secondary N) is 2. The van der Waals surface area contributed by atoms with Gasteiger partial charge in [0.2, 0.25) is 0 Å². The number of ether oxygens (including phenoxy) is 1. The van der Waals surface area contributed by atoms with Crippen LogP contribution in [0.15, 0.2) is 53.6 Å². The Bertz CT molecular complexity index is 747. The van der Waals surface area contributed by atoms with Gasteiger partial charge in [-0.15, -0.1) is 0 Å². The van der Waals surface area contributed by atoms with Crippen LogP contribution in [0.4, 0.5) is 10.1 Å². The van der Waals surface area contributed by atoms with E-state index in [0.717, 1.165) is 6.21 Å². The molecule has 7 heteroatoms. The summed E-state index contributed by atoms with van der Waals surface area (Å²) in [5.74, 6) is -1.96. The molecule has 6 nitrogen and oxygen atoms in total. The number of rotatable bonds is 4. The van der Waals surface area contributed by atoms with Crippen molar-refractivity contribution >= 4 is 23.7 Å². The van der Waals surface area contributed by atoms with Gasteiger partial charge in [-0.1, -0.05) is 30.3 Å². The molecule has 0 unspecified atom stereocenters. The predicted octanol–water partition coefficient (Wildman–Crippen LogP) is 1.92. The number of hydrogen-bond acceptors (Lipinski definition) is 4. The van der Waals surface area contributed by atoms with Gasteiger partial charge in [0.05, 0.1) is 19.0 Å². The van der Waals surface area contributed by atoms with E-state index in [0.29, 0.717) is 11.4 Å². The lowest BCUT2D eigenvalue weighted by molar-refractivity contribution is -0.136. The van der Waals surface area contributed by atoms with Gasteiger partial charge in [-0.25, -0.2) is 9.82 Å². The molecule has 118 valence electrons. The Balaban J connectivity index is 1.95. The normalized spacial score (nSPS) is 10.3. The zero-order chi connectivity index (χ0) is 16.7. The summed E-state index contributed by atoms with van der Waals surface area (Å²) in [5.41, 5.74) is 2.57. The lowest BCUT2D eigenvalue weighted by Gasteiger charge is -2.08. The second kappa shape index (κ2) is 7.69. The minimum atomic E-state index is -0.983. The summed E-state index contributed by atoms with van der Waals surface area (Å²) >= 11 is 0. The molecule has 0 aliphatic rings. The maximum atomic E-state index is 13.3. The fourth-order valence-electron chi connectivity index (χ4n) is 1.72. The van der Waals surface area contributed by atoms with Crippen LogP contribution in [0.25, 0.3) is 0 Å². The fraction of sp³-hybridized carbons (Fsp3) is 0.0625. The third kappa shape index (κ3) is 4.37. The van der Waals surface area contributed by atoms with E-state index in [2.05, 4.69) is 10.4 Å². The number of hydrazone groups is 1. The first-order valence-corrected chi connectivity index (χ1v) is 6.63. The minimum absolute atomic E-state index is 0.193. The molecular formula is C16H14FN3O3. The molecule has 2 rings (SSSR count). The van der Waals surface area contributed by atoms with E-state index in [4.69, 9.17) is 4.74 Å². The smallest absolute Gasteiger partial charge is 0.329 e. The second-order valence-electron chi connectivity index (χ2n) is 4.38. The largest absolute Gasteiger partial charge is 0.495 e. The molecule has 2 N–H and O–H groups in total. The number of hydrogen-bond donors (Lipinski definition) is 2. The Morgan fingerprint density at radius 3 is 2.52 bits per heavy atom. The lowest BCUT2D eigenvalue weighted by Crippen LogP contribution is -2.32. The van der Waals surface area contributed by atoms with Crippen molar-refractivity contribution in [2.24, 2.45) is 5.10 Å². The number of benzene rings is 2. The van der Waals surface area contributed by atoms with Crippen molar-refractivity contribution in [3.05, 3.63) is 59.9 Å². The number of nitrogens with zero attached hydrogens (tertiary/aromatic N) is 1. The Morgan fingerprint density at radius 2 is 1.78 bits per heavy atom. The standard InChI is InChI=1S/C16H14FN3O3/c1-23-14-9-5-4-8-13(14)19-15(21)16(22)20-18-10-11-6-2-3-7-12(11)17/h2-10H,1H3,(H,19,21)(H,20,22)/b18-10+. The van der Waals surface area contributed by atoms with E-state index >= 15 is 0 Å². The van der Waals surface area contributed by atoms with Gasteiger partial charge in [-0.05, 0) is 18.2 Å².